The Morgan fingerprint density at radius 3 is 2.27 bits per heavy atom. The number of nitrogens with zero attached hydrogens (tertiary/aromatic N) is 1. The summed E-state index contributed by atoms with van der Waals surface area (Å²) < 4.78 is 1.09. The second-order valence-electron chi connectivity index (χ2n) is 3.27. The Morgan fingerprint density at radius 1 is 1.13 bits per heavy atom. The van der Waals surface area contributed by atoms with Gasteiger partial charge in [-0.1, -0.05) is 41.6 Å². The van der Waals surface area contributed by atoms with E-state index < -0.39 is 0 Å². The van der Waals surface area contributed by atoms with Crippen molar-refractivity contribution in [3.63, 3.8) is 0 Å². The second kappa shape index (κ2) is 6.66. The van der Waals surface area contributed by atoms with Crippen LogP contribution in [0.3, 0.4) is 0 Å². The minimum Gasteiger partial charge on any atom is -0.293 e. The first kappa shape index (κ1) is 12.3. The van der Waals surface area contributed by atoms with Crippen LogP contribution in [0.25, 0.3) is 0 Å². The predicted octanol–water partition coefficient (Wildman–Crippen LogP) is 3.14. The van der Waals surface area contributed by atoms with Crippen LogP contribution in [0.5, 0.6) is 0 Å². The molecule has 1 rings (SSSR count). The molecule has 0 N–H and O–H groups in total. The Labute approximate surface area is 101 Å². The van der Waals surface area contributed by atoms with Crippen LogP contribution in [0.15, 0.2) is 28.7 Å². The lowest BCUT2D eigenvalue weighted by Crippen LogP contribution is -2.22. The van der Waals surface area contributed by atoms with Gasteiger partial charge >= 0.3 is 0 Å². The molecule has 1 aromatic carbocycles. The smallest absolute Gasteiger partial charge is 0.0605 e. The van der Waals surface area contributed by atoms with Gasteiger partial charge in [0, 0.05) is 10.0 Å². The van der Waals surface area contributed by atoms with Crippen molar-refractivity contribution in [1.82, 2.24) is 4.90 Å². The van der Waals surface area contributed by atoms with Crippen molar-refractivity contribution in [1.29, 1.82) is 0 Å². The zero-order valence-electron chi connectivity index (χ0n) is 9.26. The third-order valence-electron chi connectivity index (χ3n) is 2.27. The molecule has 0 amide bonds. The fourth-order valence-electron chi connectivity index (χ4n) is 1.23. The van der Waals surface area contributed by atoms with Gasteiger partial charge in [-0.3, -0.25) is 4.90 Å². The average Bonchev–Trinajstić information content (AvgIpc) is 2.27. The molecule has 0 unspecified atom stereocenters. The highest BCUT2D eigenvalue weighted by Crippen LogP contribution is 2.09. The SMILES string of the molecule is CCN(CC)CC#Cc1ccc(Br)cc1. The first-order valence-corrected chi connectivity index (χ1v) is 6.02. The molecule has 0 aliphatic heterocycles. The van der Waals surface area contributed by atoms with Crippen LogP contribution in [0.4, 0.5) is 0 Å². The van der Waals surface area contributed by atoms with Gasteiger partial charge in [0.05, 0.1) is 6.54 Å². The van der Waals surface area contributed by atoms with Gasteiger partial charge in [-0.15, -0.1) is 0 Å². The third kappa shape index (κ3) is 4.51. The Hall–Kier alpha value is -0.780. The number of hydrogen-bond donors (Lipinski definition) is 0. The van der Waals surface area contributed by atoms with Crippen molar-refractivity contribution in [2.45, 2.75) is 13.8 Å². The third-order valence-corrected chi connectivity index (χ3v) is 2.80. The molecule has 0 fully saturated rings. The van der Waals surface area contributed by atoms with E-state index in [0.29, 0.717) is 0 Å². The quantitative estimate of drug-likeness (QED) is 0.760. The molecule has 0 aliphatic rings. The van der Waals surface area contributed by atoms with Gasteiger partial charge in [-0.2, -0.15) is 0 Å². The number of rotatable bonds is 3. The van der Waals surface area contributed by atoms with Crippen LogP contribution in [0.2, 0.25) is 0 Å². The lowest BCUT2D eigenvalue weighted by atomic mass is 10.2. The molecule has 1 nitrogen and oxygen atoms in total. The zero-order valence-corrected chi connectivity index (χ0v) is 10.8. The van der Waals surface area contributed by atoms with E-state index in [4.69, 9.17) is 0 Å². The van der Waals surface area contributed by atoms with Crippen molar-refractivity contribution < 1.29 is 0 Å². The lowest BCUT2D eigenvalue weighted by Gasteiger charge is -2.13. The maximum atomic E-state index is 3.40. The summed E-state index contributed by atoms with van der Waals surface area (Å²) in [7, 11) is 0. The zero-order chi connectivity index (χ0) is 11.1. The van der Waals surface area contributed by atoms with E-state index in [1.165, 1.54) is 0 Å². The maximum absolute atomic E-state index is 3.40. The van der Waals surface area contributed by atoms with Crippen molar-refractivity contribution in [2.75, 3.05) is 19.6 Å². The van der Waals surface area contributed by atoms with Gasteiger partial charge in [0.2, 0.25) is 0 Å². The molecule has 0 spiro atoms. The summed E-state index contributed by atoms with van der Waals surface area (Å²) in [5.41, 5.74) is 1.07. The summed E-state index contributed by atoms with van der Waals surface area (Å²) in [6, 6.07) is 8.08. The Balaban J connectivity index is 2.54. The summed E-state index contributed by atoms with van der Waals surface area (Å²) in [4.78, 5) is 2.30. The molecule has 0 heterocycles. The van der Waals surface area contributed by atoms with Gasteiger partial charge in [0.15, 0.2) is 0 Å². The molecule has 2 heteroatoms. The van der Waals surface area contributed by atoms with E-state index in [1.807, 2.05) is 24.3 Å². The van der Waals surface area contributed by atoms with Crippen molar-refractivity contribution in [3.8, 4) is 11.8 Å². The van der Waals surface area contributed by atoms with E-state index >= 15 is 0 Å². The van der Waals surface area contributed by atoms with Crippen LogP contribution in [0.1, 0.15) is 19.4 Å². The van der Waals surface area contributed by atoms with Crippen molar-refractivity contribution >= 4 is 15.9 Å². The first-order valence-electron chi connectivity index (χ1n) is 5.23. The average molecular weight is 266 g/mol. The highest BCUT2D eigenvalue weighted by molar-refractivity contribution is 9.10. The van der Waals surface area contributed by atoms with E-state index in [1.54, 1.807) is 0 Å². The second-order valence-corrected chi connectivity index (χ2v) is 4.19. The number of hydrogen-bond acceptors (Lipinski definition) is 1. The molecule has 0 saturated heterocycles. The molecule has 0 aliphatic carbocycles. The summed E-state index contributed by atoms with van der Waals surface area (Å²) >= 11 is 3.40. The van der Waals surface area contributed by atoms with Crippen molar-refractivity contribution in [2.24, 2.45) is 0 Å². The minimum atomic E-state index is 0.850. The highest BCUT2D eigenvalue weighted by atomic mass is 79.9. The van der Waals surface area contributed by atoms with Crippen LogP contribution in [-0.2, 0) is 0 Å². The molecule has 0 saturated carbocycles. The largest absolute Gasteiger partial charge is 0.293 e. The van der Waals surface area contributed by atoms with E-state index in [-0.39, 0.29) is 0 Å². The number of halogens is 1. The van der Waals surface area contributed by atoms with Crippen molar-refractivity contribution in [3.05, 3.63) is 34.3 Å². The first-order chi connectivity index (χ1) is 7.26. The van der Waals surface area contributed by atoms with Crippen LogP contribution in [-0.4, -0.2) is 24.5 Å². The molecular weight excluding hydrogens is 250 g/mol. The van der Waals surface area contributed by atoms with Crippen LogP contribution < -0.4 is 0 Å². The predicted molar refractivity (Wildman–Crippen MR) is 68.8 cm³/mol. The summed E-state index contributed by atoms with van der Waals surface area (Å²) in [5.74, 6) is 6.34. The minimum absolute atomic E-state index is 0.850. The Morgan fingerprint density at radius 2 is 1.73 bits per heavy atom. The van der Waals surface area contributed by atoms with Gasteiger partial charge in [-0.05, 0) is 37.4 Å². The van der Waals surface area contributed by atoms with Gasteiger partial charge < -0.3 is 0 Å². The van der Waals surface area contributed by atoms with Crippen LogP contribution >= 0.6 is 15.9 Å². The molecule has 15 heavy (non-hydrogen) atoms. The van der Waals surface area contributed by atoms with Gasteiger partial charge in [0.1, 0.15) is 0 Å². The standard InChI is InChI=1S/C13H16BrN/c1-3-15(4-2)11-5-6-12-7-9-13(14)10-8-12/h7-10H,3-4,11H2,1-2H3. The molecule has 1 aromatic rings. The summed E-state index contributed by atoms with van der Waals surface area (Å²) in [5, 5.41) is 0. The lowest BCUT2D eigenvalue weighted by molar-refractivity contribution is 0.342. The van der Waals surface area contributed by atoms with E-state index in [9.17, 15) is 0 Å². The highest BCUT2D eigenvalue weighted by Gasteiger charge is 1.93. The fourth-order valence-corrected chi connectivity index (χ4v) is 1.50. The maximum Gasteiger partial charge on any atom is 0.0605 e. The van der Waals surface area contributed by atoms with Gasteiger partial charge in [-0.25, -0.2) is 0 Å². The molecule has 0 aromatic heterocycles. The monoisotopic (exact) mass is 265 g/mol. The molecule has 0 atom stereocenters. The molecule has 0 radical (unpaired) electrons. The normalized spacial score (nSPS) is 9.87. The van der Waals surface area contributed by atoms with Gasteiger partial charge in [0.25, 0.3) is 0 Å². The number of benzene rings is 1. The molecule has 80 valence electrons. The van der Waals surface area contributed by atoms with E-state index in [0.717, 1.165) is 29.7 Å². The summed E-state index contributed by atoms with van der Waals surface area (Å²) in [6.45, 7) is 7.29. The topological polar surface area (TPSA) is 3.24 Å². The molecule has 0 bridgehead atoms. The molecular formula is C13H16BrN. The Bertz CT molecular complexity index is 341. The van der Waals surface area contributed by atoms with E-state index in [2.05, 4.69) is 46.5 Å². The fraction of sp³-hybridized carbons (Fsp3) is 0.385. The summed E-state index contributed by atoms with van der Waals surface area (Å²) in [6.07, 6.45) is 0. The Kier molecular flexibility index (Phi) is 5.45. The van der Waals surface area contributed by atoms with Crippen LogP contribution in [0, 0.1) is 11.8 Å².